The average molecular weight is 433 g/mol. The summed E-state index contributed by atoms with van der Waals surface area (Å²) in [6.07, 6.45) is -3.87. The summed E-state index contributed by atoms with van der Waals surface area (Å²) < 4.78 is 12.1. The number of aliphatic hydroxyl groups excluding tert-OH is 4. The molecule has 1 unspecified atom stereocenters. The molecule has 166 valence electrons. The Bertz CT molecular complexity index is 1130. The number of hydrogen-bond acceptors (Lipinski definition) is 10. The van der Waals surface area contributed by atoms with Gasteiger partial charge in [-0.2, -0.15) is 0 Å². The van der Waals surface area contributed by atoms with Crippen LogP contribution in [-0.2, 0) is 11.3 Å². The van der Waals surface area contributed by atoms with E-state index >= 15 is 0 Å². The van der Waals surface area contributed by atoms with Gasteiger partial charge in [0.05, 0.1) is 26.6 Å². The fourth-order valence-corrected chi connectivity index (χ4v) is 3.49. The quantitative estimate of drug-likeness (QED) is 0.281. The largest absolute Gasteiger partial charge is 0.504 e. The lowest BCUT2D eigenvalue weighted by atomic mass is 9.98. The van der Waals surface area contributed by atoms with Gasteiger partial charge in [0.15, 0.2) is 28.9 Å². The molecule has 31 heavy (non-hydrogen) atoms. The van der Waals surface area contributed by atoms with Crippen molar-refractivity contribution >= 4 is 11.2 Å². The van der Waals surface area contributed by atoms with E-state index in [0.717, 1.165) is 5.56 Å². The smallest absolute Gasteiger partial charge is 0.177 e. The van der Waals surface area contributed by atoms with E-state index in [-0.39, 0.29) is 12.3 Å². The Morgan fingerprint density at radius 2 is 2.00 bits per heavy atom. The van der Waals surface area contributed by atoms with Crippen molar-refractivity contribution in [3.8, 4) is 11.5 Å². The number of hydrogen-bond donors (Lipinski definition) is 6. The second-order valence-corrected chi connectivity index (χ2v) is 7.12. The number of rotatable bonds is 5. The number of ether oxygens (including phenoxy) is 2. The van der Waals surface area contributed by atoms with Gasteiger partial charge in [0.2, 0.25) is 0 Å². The van der Waals surface area contributed by atoms with Crippen LogP contribution in [0.2, 0.25) is 0 Å². The van der Waals surface area contributed by atoms with E-state index in [0.29, 0.717) is 22.4 Å². The van der Waals surface area contributed by atoms with Crippen LogP contribution >= 0.6 is 0 Å². The van der Waals surface area contributed by atoms with E-state index in [2.05, 4.69) is 19.9 Å². The van der Waals surface area contributed by atoms with Crippen LogP contribution in [0.15, 0.2) is 35.8 Å². The van der Waals surface area contributed by atoms with E-state index in [9.17, 15) is 25.5 Å². The van der Waals surface area contributed by atoms with Crippen LogP contribution in [0, 0.1) is 0 Å². The highest BCUT2D eigenvalue weighted by atomic mass is 16.6. The number of methoxy groups -OCH3 is 1. The topological polar surface area (TPSA) is 178 Å². The lowest BCUT2D eigenvalue weighted by Gasteiger charge is -2.40. The van der Waals surface area contributed by atoms with Crippen LogP contribution in [0.25, 0.3) is 11.2 Å². The van der Waals surface area contributed by atoms with Gasteiger partial charge in [0, 0.05) is 0 Å². The first-order valence-electron chi connectivity index (χ1n) is 9.51. The standard InChI is InChI=1S/C19H23N5O7/c1-30-11-4-9(2-3-10(11)26)5-20-17-13-18(22-7-21-13)24(8-23-17)19-16(29)15(28)14(27)12(6-25)31-19/h2-4,7-8,12,14-16,19,25-29H,5-6H2,1H3,(H,21,22)/t12-,14-,15+,16-,19?/m1/s1. The SMILES string of the molecule is COc1cc(CN=c2ncn(C3O[C@H](CO)[C@@H](O)[C@H](O)[C@H]3O)c3nc[nH]c23)ccc1O. The lowest BCUT2D eigenvalue weighted by Crippen LogP contribution is -2.56. The number of benzene rings is 1. The molecule has 1 fully saturated rings. The third-order valence-electron chi connectivity index (χ3n) is 5.19. The number of fused-ring (bicyclic) bond motifs is 1. The molecule has 1 aromatic carbocycles. The number of aliphatic hydroxyl groups is 4. The zero-order valence-electron chi connectivity index (χ0n) is 16.5. The van der Waals surface area contributed by atoms with Gasteiger partial charge in [0.25, 0.3) is 0 Å². The summed E-state index contributed by atoms with van der Waals surface area (Å²) in [6.45, 7) is -0.287. The van der Waals surface area contributed by atoms with Crippen molar-refractivity contribution in [2.75, 3.05) is 13.7 Å². The van der Waals surface area contributed by atoms with E-state index in [1.807, 2.05) is 0 Å². The van der Waals surface area contributed by atoms with Crippen LogP contribution in [0.1, 0.15) is 11.8 Å². The van der Waals surface area contributed by atoms with E-state index in [1.54, 1.807) is 12.1 Å². The summed E-state index contributed by atoms with van der Waals surface area (Å²) in [5, 5.41) is 49.6. The number of imidazole rings is 1. The minimum atomic E-state index is -1.52. The Labute approximate surface area is 175 Å². The third kappa shape index (κ3) is 3.86. The molecule has 12 heteroatoms. The maximum absolute atomic E-state index is 10.4. The van der Waals surface area contributed by atoms with E-state index < -0.39 is 37.3 Å². The van der Waals surface area contributed by atoms with Crippen LogP contribution in [0.5, 0.6) is 11.5 Å². The molecule has 0 radical (unpaired) electrons. The van der Waals surface area contributed by atoms with Crippen molar-refractivity contribution in [2.24, 2.45) is 4.99 Å². The zero-order valence-corrected chi connectivity index (χ0v) is 16.5. The predicted octanol–water partition coefficient (Wildman–Crippen LogP) is -1.45. The van der Waals surface area contributed by atoms with Gasteiger partial charge >= 0.3 is 0 Å². The Hall–Kier alpha value is -3.03. The zero-order chi connectivity index (χ0) is 22.1. The summed E-state index contributed by atoms with van der Waals surface area (Å²) >= 11 is 0. The van der Waals surface area contributed by atoms with Gasteiger partial charge in [-0.15, -0.1) is 0 Å². The fourth-order valence-electron chi connectivity index (χ4n) is 3.49. The summed E-state index contributed by atoms with van der Waals surface area (Å²) in [5.41, 5.74) is 1.95. The number of nitrogens with zero attached hydrogens (tertiary/aromatic N) is 4. The fraction of sp³-hybridized carbons (Fsp3) is 0.421. The summed E-state index contributed by atoms with van der Waals surface area (Å²) in [7, 11) is 1.46. The number of aromatic amines is 1. The third-order valence-corrected chi connectivity index (χ3v) is 5.19. The average Bonchev–Trinajstić information content (AvgIpc) is 3.27. The Morgan fingerprint density at radius 1 is 1.19 bits per heavy atom. The Morgan fingerprint density at radius 3 is 2.74 bits per heavy atom. The second-order valence-electron chi connectivity index (χ2n) is 7.12. The molecule has 1 aliphatic heterocycles. The Kier molecular flexibility index (Phi) is 5.89. The first-order valence-corrected chi connectivity index (χ1v) is 9.51. The van der Waals surface area contributed by atoms with Gasteiger partial charge in [-0.05, 0) is 17.7 Å². The molecular weight excluding hydrogens is 410 g/mol. The van der Waals surface area contributed by atoms with E-state index in [1.165, 1.54) is 30.4 Å². The predicted molar refractivity (Wildman–Crippen MR) is 105 cm³/mol. The maximum Gasteiger partial charge on any atom is 0.177 e. The summed E-state index contributed by atoms with van der Waals surface area (Å²) in [5.74, 6) is 0.362. The highest BCUT2D eigenvalue weighted by Gasteiger charge is 2.44. The van der Waals surface area contributed by atoms with Gasteiger partial charge < -0.3 is 40.0 Å². The van der Waals surface area contributed by atoms with Crippen LogP contribution in [-0.4, -0.2) is 83.2 Å². The van der Waals surface area contributed by atoms with Crippen LogP contribution in [0.4, 0.5) is 0 Å². The van der Waals surface area contributed by atoms with Crippen molar-refractivity contribution in [1.29, 1.82) is 0 Å². The van der Waals surface area contributed by atoms with Crippen LogP contribution in [0.3, 0.4) is 0 Å². The second kappa shape index (κ2) is 8.61. The molecule has 0 aliphatic carbocycles. The molecule has 0 spiro atoms. The molecular formula is C19H23N5O7. The van der Waals surface area contributed by atoms with Crippen molar-refractivity contribution in [3.63, 3.8) is 0 Å². The number of aromatic nitrogens is 4. The van der Waals surface area contributed by atoms with Gasteiger partial charge in [-0.1, -0.05) is 6.07 Å². The molecule has 1 aliphatic rings. The molecule has 3 heterocycles. The number of H-pyrrole nitrogens is 1. The van der Waals surface area contributed by atoms with Gasteiger partial charge in [-0.25, -0.2) is 9.97 Å². The van der Waals surface area contributed by atoms with Crippen molar-refractivity contribution in [2.45, 2.75) is 37.2 Å². The monoisotopic (exact) mass is 433 g/mol. The molecule has 2 aromatic heterocycles. The van der Waals surface area contributed by atoms with E-state index in [4.69, 9.17) is 9.47 Å². The Balaban J connectivity index is 1.68. The molecule has 5 atom stereocenters. The minimum Gasteiger partial charge on any atom is -0.504 e. The van der Waals surface area contributed by atoms with Gasteiger partial charge in [0.1, 0.15) is 36.3 Å². The molecule has 3 aromatic rings. The van der Waals surface area contributed by atoms with Crippen LogP contribution < -0.4 is 10.2 Å². The minimum absolute atomic E-state index is 0.0283. The molecule has 0 saturated carbocycles. The number of aromatic hydroxyl groups is 1. The molecule has 4 rings (SSSR count). The molecule has 0 amide bonds. The summed E-state index contributed by atoms with van der Waals surface area (Å²) in [4.78, 5) is 16.0. The lowest BCUT2D eigenvalue weighted by molar-refractivity contribution is -0.250. The molecule has 12 nitrogen and oxygen atoms in total. The molecule has 0 bridgehead atoms. The normalized spacial score (nSPS) is 27.0. The number of phenolic OH excluding ortho intramolecular Hbond substituents is 1. The van der Waals surface area contributed by atoms with Crippen molar-refractivity contribution < 1.29 is 35.0 Å². The maximum atomic E-state index is 10.4. The first kappa shape index (κ1) is 21.2. The van der Waals surface area contributed by atoms with Crippen molar-refractivity contribution in [3.05, 3.63) is 41.9 Å². The van der Waals surface area contributed by atoms with Crippen molar-refractivity contribution in [1.82, 2.24) is 19.5 Å². The number of phenols is 1. The highest BCUT2D eigenvalue weighted by molar-refractivity contribution is 5.68. The summed E-state index contributed by atoms with van der Waals surface area (Å²) in [6, 6.07) is 4.89. The first-order chi connectivity index (χ1) is 14.9. The molecule has 6 N–H and O–H groups in total. The number of nitrogens with one attached hydrogen (secondary N) is 1. The highest BCUT2D eigenvalue weighted by Crippen LogP contribution is 2.29. The van der Waals surface area contributed by atoms with Gasteiger partial charge in [-0.3, -0.25) is 9.56 Å². The molecule has 1 saturated heterocycles.